The molecule has 0 unspecified atom stereocenters. The number of hydrogen-bond acceptors (Lipinski definition) is 4. The van der Waals surface area contributed by atoms with Crippen LogP contribution in [0.2, 0.25) is 0 Å². The molecule has 0 aliphatic carbocycles. The molecule has 0 atom stereocenters. The average Bonchev–Trinajstić information content (AvgIpc) is 2.88. The fraction of sp³-hybridized carbons (Fsp3) is 0.143. The molecule has 1 aliphatic heterocycles. The smallest absolute Gasteiger partial charge is 0.261 e. The summed E-state index contributed by atoms with van der Waals surface area (Å²) in [5.41, 5.74) is 0.771. The Morgan fingerprint density at radius 2 is 2.05 bits per heavy atom. The highest BCUT2D eigenvalue weighted by Gasteiger charge is 2.13. The highest BCUT2D eigenvalue weighted by atomic mass is 16.7. The number of carbonyl (C=O) groups excluding carboxylic acids is 1. The van der Waals surface area contributed by atoms with Crippen molar-refractivity contribution >= 4 is 6.29 Å². The van der Waals surface area contributed by atoms with E-state index in [0.717, 1.165) is 5.56 Å². The van der Waals surface area contributed by atoms with E-state index in [1.807, 2.05) is 18.2 Å². The van der Waals surface area contributed by atoms with Crippen molar-refractivity contribution in [1.82, 2.24) is 4.57 Å². The predicted octanol–water partition coefficient (Wildman–Crippen LogP) is 1.44. The first-order valence-electron chi connectivity index (χ1n) is 5.81. The van der Waals surface area contributed by atoms with Crippen LogP contribution in [0.15, 0.2) is 41.3 Å². The van der Waals surface area contributed by atoms with E-state index in [2.05, 4.69) is 0 Å². The second-order valence-corrected chi connectivity index (χ2v) is 4.20. The summed E-state index contributed by atoms with van der Waals surface area (Å²) in [5, 5.41) is 0. The molecule has 1 aliphatic rings. The lowest BCUT2D eigenvalue weighted by Gasteiger charge is -2.07. The van der Waals surface area contributed by atoms with Crippen molar-refractivity contribution in [2.75, 3.05) is 6.79 Å². The van der Waals surface area contributed by atoms with Crippen LogP contribution in [0.4, 0.5) is 0 Å². The Hall–Kier alpha value is -2.56. The Kier molecular flexibility index (Phi) is 2.79. The van der Waals surface area contributed by atoms with E-state index < -0.39 is 0 Å². The highest BCUT2D eigenvalue weighted by molar-refractivity contribution is 5.73. The number of nitrogens with zero attached hydrogens (tertiary/aromatic N) is 1. The largest absolute Gasteiger partial charge is 0.454 e. The van der Waals surface area contributed by atoms with Gasteiger partial charge in [0.2, 0.25) is 6.79 Å². The molecule has 19 heavy (non-hydrogen) atoms. The minimum Gasteiger partial charge on any atom is -0.454 e. The maximum atomic E-state index is 11.9. The fourth-order valence-corrected chi connectivity index (χ4v) is 2.01. The number of ether oxygens (including phenoxy) is 2. The number of fused-ring (bicyclic) bond motifs is 1. The molecule has 2 aromatic rings. The van der Waals surface area contributed by atoms with Crippen LogP contribution in [0.1, 0.15) is 15.9 Å². The van der Waals surface area contributed by atoms with Crippen LogP contribution in [0.3, 0.4) is 0 Å². The fourth-order valence-electron chi connectivity index (χ4n) is 2.01. The van der Waals surface area contributed by atoms with Gasteiger partial charge in [-0.05, 0) is 29.8 Å². The van der Waals surface area contributed by atoms with Gasteiger partial charge in [0.05, 0.1) is 12.1 Å². The lowest BCUT2D eigenvalue weighted by Crippen LogP contribution is -2.23. The summed E-state index contributed by atoms with van der Waals surface area (Å²) in [6.07, 6.45) is 2.22. The van der Waals surface area contributed by atoms with Crippen LogP contribution in [-0.2, 0) is 6.54 Å². The van der Waals surface area contributed by atoms with Gasteiger partial charge < -0.3 is 14.0 Å². The van der Waals surface area contributed by atoms with E-state index in [0.29, 0.717) is 24.3 Å². The van der Waals surface area contributed by atoms with Crippen LogP contribution in [0.5, 0.6) is 11.5 Å². The molecular formula is C14H11NO4. The molecule has 0 bridgehead atoms. The third kappa shape index (κ3) is 2.10. The number of carbonyl (C=O) groups is 1. The molecule has 5 nitrogen and oxygen atoms in total. The Balaban J connectivity index is 1.93. The maximum Gasteiger partial charge on any atom is 0.261 e. The summed E-state index contributed by atoms with van der Waals surface area (Å²) in [6.45, 7) is 0.608. The molecule has 2 heterocycles. The first-order valence-corrected chi connectivity index (χ1v) is 5.81. The van der Waals surface area contributed by atoms with E-state index in [4.69, 9.17) is 9.47 Å². The van der Waals surface area contributed by atoms with Crippen molar-refractivity contribution in [3.8, 4) is 11.5 Å². The topological polar surface area (TPSA) is 57.5 Å². The second-order valence-electron chi connectivity index (χ2n) is 4.20. The molecule has 0 saturated carbocycles. The van der Waals surface area contributed by atoms with Crippen molar-refractivity contribution < 1.29 is 14.3 Å². The van der Waals surface area contributed by atoms with E-state index in [1.54, 1.807) is 12.3 Å². The van der Waals surface area contributed by atoms with Crippen LogP contribution in [-0.4, -0.2) is 17.6 Å². The van der Waals surface area contributed by atoms with E-state index in [1.165, 1.54) is 10.6 Å². The van der Waals surface area contributed by atoms with E-state index >= 15 is 0 Å². The molecule has 96 valence electrons. The molecule has 1 aromatic heterocycles. The van der Waals surface area contributed by atoms with Gasteiger partial charge in [0, 0.05) is 6.20 Å². The van der Waals surface area contributed by atoms with Crippen molar-refractivity contribution in [2.24, 2.45) is 0 Å². The van der Waals surface area contributed by atoms with Gasteiger partial charge in [0.15, 0.2) is 17.8 Å². The van der Waals surface area contributed by atoms with Crippen molar-refractivity contribution in [1.29, 1.82) is 0 Å². The molecule has 0 amide bonds. The minimum absolute atomic E-state index is 0.156. The van der Waals surface area contributed by atoms with Gasteiger partial charge in [-0.1, -0.05) is 6.07 Å². The number of rotatable bonds is 3. The van der Waals surface area contributed by atoms with Crippen molar-refractivity contribution in [2.45, 2.75) is 6.54 Å². The number of aromatic nitrogens is 1. The molecule has 0 spiro atoms. The second kappa shape index (κ2) is 4.61. The lowest BCUT2D eigenvalue weighted by atomic mass is 10.2. The summed E-state index contributed by atoms with van der Waals surface area (Å²) in [6, 6.07) is 8.70. The summed E-state index contributed by atoms with van der Waals surface area (Å²) in [5.74, 6) is 1.38. The third-order valence-electron chi connectivity index (χ3n) is 2.97. The molecule has 3 rings (SSSR count). The molecule has 0 saturated heterocycles. The molecule has 5 heteroatoms. The normalized spacial score (nSPS) is 12.4. The highest BCUT2D eigenvalue weighted by Crippen LogP contribution is 2.32. The van der Waals surface area contributed by atoms with Gasteiger partial charge in [-0.2, -0.15) is 0 Å². The zero-order valence-electron chi connectivity index (χ0n) is 10.0. The van der Waals surface area contributed by atoms with Gasteiger partial charge in [-0.15, -0.1) is 0 Å². The summed E-state index contributed by atoms with van der Waals surface area (Å²) in [4.78, 5) is 22.6. The third-order valence-corrected chi connectivity index (χ3v) is 2.97. The number of hydrogen-bond donors (Lipinski definition) is 0. The van der Waals surface area contributed by atoms with Crippen molar-refractivity contribution in [3.05, 3.63) is 58.0 Å². The summed E-state index contributed by atoms with van der Waals surface area (Å²) in [7, 11) is 0. The van der Waals surface area contributed by atoms with Gasteiger partial charge in [-0.25, -0.2) is 0 Å². The van der Waals surface area contributed by atoms with Gasteiger partial charge in [0.1, 0.15) is 0 Å². The summed E-state index contributed by atoms with van der Waals surface area (Å²) < 4.78 is 12.0. The monoisotopic (exact) mass is 257 g/mol. The summed E-state index contributed by atoms with van der Waals surface area (Å²) >= 11 is 0. The number of aldehydes is 1. The first-order chi connectivity index (χ1) is 9.28. The zero-order valence-corrected chi connectivity index (χ0v) is 10.0. The van der Waals surface area contributed by atoms with E-state index in [9.17, 15) is 9.59 Å². The zero-order chi connectivity index (χ0) is 13.2. The Labute approximate surface area is 109 Å². The molecule has 1 aromatic carbocycles. The van der Waals surface area contributed by atoms with Crippen LogP contribution < -0.4 is 15.0 Å². The Bertz CT molecular complexity index is 690. The SMILES string of the molecule is O=Cc1cccn(Cc2ccc3c(c2)OCO3)c1=O. The Morgan fingerprint density at radius 3 is 2.89 bits per heavy atom. The van der Waals surface area contributed by atoms with Crippen LogP contribution in [0, 0.1) is 0 Å². The van der Waals surface area contributed by atoms with Gasteiger partial charge in [-0.3, -0.25) is 9.59 Å². The molecule has 0 radical (unpaired) electrons. The van der Waals surface area contributed by atoms with Gasteiger partial charge in [0.25, 0.3) is 5.56 Å². The van der Waals surface area contributed by atoms with Crippen LogP contribution >= 0.6 is 0 Å². The standard InChI is InChI=1S/C14H11NO4/c16-8-11-2-1-5-15(14(11)17)7-10-3-4-12-13(6-10)19-9-18-12/h1-6,8H,7,9H2. The minimum atomic E-state index is -0.296. The molecule has 0 fully saturated rings. The van der Waals surface area contributed by atoms with E-state index in [-0.39, 0.29) is 17.9 Å². The quantitative estimate of drug-likeness (QED) is 0.781. The lowest BCUT2D eigenvalue weighted by molar-refractivity contribution is 0.112. The molecular weight excluding hydrogens is 246 g/mol. The number of pyridine rings is 1. The maximum absolute atomic E-state index is 11.9. The van der Waals surface area contributed by atoms with Crippen LogP contribution in [0.25, 0.3) is 0 Å². The number of benzene rings is 1. The first kappa shape index (κ1) is 11.5. The van der Waals surface area contributed by atoms with Crippen molar-refractivity contribution in [3.63, 3.8) is 0 Å². The molecule has 0 N–H and O–H groups in total. The average molecular weight is 257 g/mol. The Morgan fingerprint density at radius 1 is 1.21 bits per heavy atom. The van der Waals surface area contributed by atoms with Gasteiger partial charge >= 0.3 is 0 Å². The predicted molar refractivity (Wildman–Crippen MR) is 67.8 cm³/mol.